The van der Waals surface area contributed by atoms with E-state index in [1.807, 2.05) is 19.1 Å². The van der Waals surface area contributed by atoms with Crippen LogP contribution in [0.4, 0.5) is 0 Å². The van der Waals surface area contributed by atoms with E-state index in [-0.39, 0.29) is 6.04 Å². The van der Waals surface area contributed by atoms with Gasteiger partial charge in [-0.05, 0) is 24.6 Å². The molecular formula is C16H20N2O. The Morgan fingerprint density at radius 1 is 1.26 bits per heavy atom. The largest absolute Gasteiger partial charge is 0.302 e. The van der Waals surface area contributed by atoms with Gasteiger partial charge in [0, 0.05) is 38.3 Å². The van der Waals surface area contributed by atoms with Crippen LogP contribution in [0.25, 0.3) is 0 Å². The highest BCUT2D eigenvalue weighted by Gasteiger charge is 2.20. The Kier molecular flexibility index (Phi) is 4.73. The lowest BCUT2D eigenvalue weighted by Gasteiger charge is -2.36. The zero-order valence-corrected chi connectivity index (χ0v) is 11.4. The summed E-state index contributed by atoms with van der Waals surface area (Å²) in [4.78, 5) is 15.4. The Morgan fingerprint density at radius 2 is 1.89 bits per heavy atom. The molecule has 0 amide bonds. The van der Waals surface area contributed by atoms with E-state index >= 15 is 0 Å². The predicted molar refractivity (Wildman–Crippen MR) is 76.8 cm³/mol. The van der Waals surface area contributed by atoms with Crippen molar-refractivity contribution in [2.75, 3.05) is 26.2 Å². The Balaban J connectivity index is 1.85. The molecule has 1 unspecified atom stereocenters. The van der Waals surface area contributed by atoms with Crippen LogP contribution in [-0.2, 0) is 11.3 Å². The number of rotatable bonds is 4. The van der Waals surface area contributed by atoms with Crippen molar-refractivity contribution in [1.29, 1.82) is 0 Å². The molecule has 0 spiro atoms. The molecule has 19 heavy (non-hydrogen) atoms. The van der Waals surface area contributed by atoms with Crippen LogP contribution in [0, 0.1) is 12.3 Å². The summed E-state index contributed by atoms with van der Waals surface area (Å²) < 4.78 is 0. The number of aldehydes is 1. The number of benzene rings is 1. The molecule has 0 N–H and O–H groups in total. The van der Waals surface area contributed by atoms with E-state index in [0.717, 1.165) is 44.6 Å². The molecule has 1 atom stereocenters. The van der Waals surface area contributed by atoms with Crippen molar-refractivity contribution in [2.45, 2.75) is 19.5 Å². The Labute approximate surface area is 115 Å². The van der Waals surface area contributed by atoms with Crippen LogP contribution in [-0.4, -0.2) is 48.3 Å². The fourth-order valence-corrected chi connectivity index (χ4v) is 2.38. The van der Waals surface area contributed by atoms with Gasteiger partial charge in [0.2, 0.25) is 0 Å². The summed E-state index contributed by atoms with van der Waals surface area (Å²) >= 11 is 0. The molecular weight excluding hydrogens is 236 g/mol. The fraction of sp³-hybridized carbons (Fsp3) is 0.438. The molecule has 0 radical (unpaired) electrons. The van der Waals surface area contributed by atoms with Crippen molar-refractivity contribution in [3.8, 4) is 12.3 Å². The van der Waals surface area contributed by atoms with Gasteiger partial charge in [-0.3, -0.25) is 9.80 Å². The minimum Gasteiger partial charge on any atom is -0.302 e. The van der Waals surface area contributed by atoms with Crippen LogP contribution in [0.2, 0.25) is 0 Å². The molecule has 100 valence electrons. The minimum atomic E-state index is 0.0389. The maximum absolute atomic E-state index is 10.8. The normalized spacial score (nSPS) is 18.7. The lowest BCUT2D eigenvalue weighted by atomic mass is 10.1. The second kappa shape index (κ2) is 6.51. The second-order valence-electron chi connectivity index (χ2n) is 5.03. The lowest BCUT2D eigenvalue weighted by molar-refractivity contribution is -0.112. The fourth-order valence-electron chi connectivity index (χ4n) is 2.38. The van der Waals surface area contributed by atoms with Crippen molar-refractivity contribution in [3.05, 3.63) is 35.4 Å². The van der Waals surface area contributed by atoms with E-state index in [1.165, 1.54) is 5.56 Å². The summed E-state index contributed by atoms with van der Waals surface area (Å²) in [6, 6.07) is 8.20. The van der Waals surface area contributed by atoms with Crippen LogP contribution in [0.3, 0.4) is 0 Å². The number of carbonyl (C=O) groups is 1. The average molecular weight is 256 g/mol. The van der Waals surface area contributed by atoms with E-state index in [2.05, 4.69) is 27.9 Å². The maximum atomic E-state index is 10.8. The monoisotopic (exact) mass is 256 g/mol. The van der Waals surface area contributed by atoms with Gasteiger partial charge in [-0.1, -0.05) is 18.1 Å². The lowest BCUT2D eigenvalue weighted by Crippen LogP contribution is -2.49. The molecule has 0 aromatic heterocycles. The van der Waals surface area contributed by atoms with E-state index in [1.54, 1.807) is 0 Å². The van der Waals surface area contributed by atoms with Crippen LogP contribution in [0.5, 0.6) is 0 Å². The topological polar surface area (TPSA) is 23.6 Å². The van der Waals surface area contributed by atoms with Gasteiger partial charge in [0.15, 0.2) is 0 Å². The third kappa shape index (κ3) is 3.66. The van der Waals surface area contributed by atoms with Crippen LogP contribution in [0.1, 0.15) is 18.1 Å². The molecule has 1 aliphatic heterocycles. The van der Waals surface area contributed by atoms with Crippen LogP contribution in [0.15, 0.2) is 24.3 Å². The van der Waals surface area contributed by atoms with Gasteiger partial charge in [0.1, 0.15) is 6.29 Å². The Bertz CT molecular complexity index is 453. The highest BCUT2D eigenvalue weighted by atomic mass is 16.1. The molecule has 1 aliphatic rings. The molecule has 0 saturated carbocycles. The predicted octanol–water partition coefficient (Wildman–Crippen LogP) is 1.37. The van der Waals surface area contributed by atoms with Crippen LogP contribution < -0.4 is 0 Å². The van der Waals surface area contributed by atoms with Crippen molar-refractivity contribution >= 4 is 6.29 Å². The van der Waals surface area contributed by atoms with Crippen molar-refractivity contribution in [3.63, 3.8) is 0 Å². The van der Waals surface area contributed by atoms with Crippen LogP contribution >= 0.6 is 0 Å². The zero-order chi connectivity index (χ0) is 13.7. The number of terminal acetylenes is 1. The summed E-state index contributed by atoms with van der Waals surface area (Å²) in [5.41, 5.74) is 2.21. The summed E-state index contributed by atoms with van der Waals surface area (Å²) in [6.45, 7) is 6.85. The van der Waals surface area contributed by atoms with Crippen molar-refractivity contribution in [2.24, 2.45) is 0 Å². The van der Waals surface area contributed by atoms with Gasteiger partial charge in [0.05, 0.1) is 6.04 Å². The highest BCUT2D eigenvalue weighted by Crippen LogP contribution is 2.11. The van der Waals surface area contributed by atoms with Gasteiger partial charge in [-0.2, -0.15) is 0 Å². The first kappa shape index (κ1) is 13.8. The van der Waals surface area contributed by atoms with E-state index < -0.39 is 0 Å². The van der Waals surface area contributed by atoms with Gasteiger partial charge in [0.25, 0.3) is 0 Å². The molecule has 1 aromatic rings. The van der Waals surface area contributed by atoms with Crippen molar-refractivity contribution < 1.29 is 4.79 Å². The van der Waals surface area contributed by atoms with E-state index in [9.17, 15) is 4.79 Å². The first-order valence-electron chi connectivity index (χ1n) is 6.70. The van der Waals surface area contributed by atoms with Gasteiger partial charge in [-0.15, -0.1) is 6.42 Å². The first-order valence-corrected chi connectivity index (χ1v) is 6.70. The maximum Gasteiger partial charge on any atom is 0.136 e. The second-order valence-corrected chi connectivity index (χ2v) is 5.03. The third-order valence-corrected chi connectivity index (χ3v) is 3.71. The Hall–Kier alpha value is -1.63. The smallest absolute Gasteiger partial charge is 0.136 e. The SMILES string of the molecule is C#Cc1ccc(CN2CCN(C(C)C=O)CC2)cc1. The van der Waals surface area contributed by atoms with Crippen molar-refractivity contribution in [1.82, 2.24) is 9.80 Å². The van der Waals surface area contributed by atoms with E-state index in [4.69, 9.17) is 6.42 Å². The van der Waals surface area contributed by atoms with Gasteiger partial charge >= 0.3 is 0 Å². The van der Waals surface area contributed by atoms with Gasteiger partial charge in [-0.25, -0.2) is 0 Å². The van der Waals surface area contributed by atoms with Gasteiger partial charge < -0.3 is 4.79 Å². The third-order valence-electron chi connectivity index (χ3n) is 3.71. The molecule has 0 bridgehead atoms. The number of piperazine rings is 1. The minimum absolute atomic E-state index is 0.0389. The Morgan fingerprint density at radius 3 is 2.42 bits per heavy atom. The first-order chi connectivity index (χ1) is 9.22. The average Bonchev–Trinajstić information content (AvgIpc) is 2.48. The summed E-state index contributed by atoms with van der Waals surface area (Å²) in [5.74, 6) is 2.63. The molecule has 1 heterocycles. The number of hydrogen-bond donors (Lipinski definition) is 0. The number of carbonyl (C=O) groups excluding carboxylic acids is 1. The standard InChI is InChI=1S/C16H20N2O/c1-3-15-4-6-16(7-5-15)12-17-8-10-18(11-9-17)14(2)13-19/h1,4-7,13-14H,8-12H2,2H3. The number of nitrogens with zero attached hydrogens (tertiary/aromatic N) is 2. The van der Waals surface area contributed by atoms with E-state index in [0.29, 0.717) is 0 Å². The zero-order valence-electron chi connectivity index (χ0n) is 11.4. The molecule has 2 rings (SSSR count). The summed E-state index contributed by atoms with van der Waals surface area (Å²) in [5, 5.41) is 0. The highest BCUT2D eigenvalue weighted by molar-refractivity contribution is 5.56. The summed E-state index contributed by atoms with van der Waals surface area (Å²) in [6.07, 6.45) is 6.37. The molecule has 1 saturated heterocycles. The molecule has 0 aliphatic carbocycles. The molecule has 3 heteroatoms. The summed E-state index contributed by atoms with van der Waals surface area (Å²) in [7, 11) is 0. The quantitative estimate of drug-likeness (QED) is 0.600. The number of hydrogen-bond acceptors (Lipinski definition) is 3. The molecule has 1 fully saturated rings. The molecule has 1 aromatic carbocycles. The molecule has 3 nitrogen and oxygen atoms in total.